The van der Waals surface area contributed by atoms with E-state index in [1.54, 1.807) is 24.3 Å². The summed E-state index contributed by atoms with van der Waals surface area (Å²) in [6.07, 6.45) is 0. The predicted molar refractivity (Wildman–Crippen MR) is 99.4 cm³/mol. The molecule has 1 amide bonds. The van der Waals surface area contributed by atoms with Gasteiger partial charge in [-0.1, -0.05) is 52.1 Å². The number of anilines is 2. The summed E-state index contributed by atoms with van der Waals surface area (Å²) >= 11 is 17.7. The maximum Gasteiger partial charge on any atom is 0.280 e. The van der Waals surface area contributed by atoms with Crippen molar-refractivity contribution < 1.29 is 4.79 Å². The van der Waals surface area contributed by atoms with Gasteiger partial charge in [0.05, 0.1) is 17.3 Å². The van der Waals surface area contributed by atoms with E-state index in [2.05, 4.69) is 15.6 Å². The number of benzene rings is 2. The van der Waals surface area contributed by atoms with Gasteiger partial charge in [-0.3, -0.25) is 4.79 Å². The van der Waals surface area contributed by atoms with E-state index >= 15 is 0 Å². The van der Waals surface area contributed by atoms with E-state index in [4.69, 9.17) is 40.5 Å². The van der Waals surface area contributed by atoms with Crippen molar-refractivity contribution in [3.63, 3.8) is 0 Å². The summed E-state index contributed by atoms with van der Waals surface area (Å²) in [5.41, 5.74) is 7.34. The zero-order valence-corrected chi connectivity index (χ0v) is 15.0. The Balaban J connectivity index is 1.77. The van der Waals surface area contributed by atoms with Crippen LogP contribution in [0.5, 0.6) is 0 Å². The maximum absolute atomic E-state index is 12.4. The minimum atomic E-state index is -0.510. The second-order valence-corrected chi connectivity index (χ2v) is 6.47. The molecule has 128 valence electrons. The van der Waals surface area contributed by atoms with Gasteiger partial charge < -0.3 is 11.1 Å². The van der Waals surface area contributed by atoms with Gasteiger partial charge in [0, 0.05) is 10.0 Å². The summed E-state index contributed by atoms with van der Waals surface area (Å²) in [5.74, 6) is -0.360. The fraction of sp³-hybridized carbons (Fsp3) is 0.0625. The van der Waals surface area contributed by atoms with Crippen LogP contribution >= 0.6 is 34.8 Å². The molecule has 0 fully saturated rings. The van der Waals surface area contributed by atoms with Crippen LogP contribution in [0, 0.1) is 0 Å². The van der Waals surface area contributed by atoms with Crippen molar-refractivity contribution in [2.75, 3.05) is 11.1 Å². The number of aromatic nitrogens is 3. The van der Waals surface area contributed by atoms with E-state index in [9.17, 15) is 4.79 Å². The van der Waals surface area contributed by atoms with E-state index in [1.807, 2.05) is 12.1 Å². The fourth-order valence-corrected chi connectivity index (χ4v) is 2.72. The number of carbonyl (C=O) groups is 1. The summed E-state index contributed by atoms with van der Waals surface area (Å²) in [6, 6.07) is 12.0. The van der Waals surface area contributed by atoms with E-state index in [0.29, 0.717) is 27.3 Å². The second-order valence-electron chi connectivity index (χ2n) is 5.19. The first-order valence-corrected chi connectivity index (χ1v) is 8.27. The third-order valence-electron chi connectivity index (χ3n) is 3.41. The molecule has 0 saturated carbocycles. The summed E-state index contributed by atoms with van der Waals surface area (Å²) in [7, 11) is 0. The van der Waals surface area contributed by atoms with Gasteiger partial charge >= 0.3 is 0 Å². The molecule has 1 aromatic heterocycles. The van der Waals surface area contributed by atoms with Crippen molar-refractivity contribution in [1.82, 2.24) is 15.0 Å². The Kier molecular flexibility index (Phi) is 5.13. The van der Waals surface area contributed by atoms with Crippen LogP contribution in [-0.2, 0) is 6.54 Å². The van der Waals surface area contributed by atoms with Gasteiger partial charge in [0.2, 0.25) is 0 Å². The largest absolute Gasteiger partial charge is 0.382 e. The lowest BCUT2D eigenvalue weighted by atomic mass is 10.2. The number of nitrogen functional groups attached to an aromatic ring is 1. The SMILES string of the molecule is Nc1c(C(=O)Nc2ccc(Cl)cc2Cl)nnn1Cc1ccc(Cl)cc1. The molecule has 0 aliphatic heterocycles. The number of carbonyl (C=O) groups excluding carboxylic acids is 1. The number of rotatable bonds is 4. The van der Waals surface area contributed by atoms with Crippen LogP contribution in [0.25, 0.3) is 0 Å². The predicted octanol–water partition coefficient (Wildman–Crippen LogP) is 4.12. The number of hydrogen-bond donors (Lipinski definition) is 2. The molecule has 0 spiro atoms. The molecule has 9 heteroatoms. The lowest BCUT2D eigenvalue weighted by molar-refractivity contribution is 0.102. The Morgan fingerprint density at radius 2 is 1.76 bits per heavy atom. The van der Waals surface area contributed by atoms with Gasteiger partial charge in [0.1, 0.15) is 0 Å². The number of nitrogens with zero attached hydrogens (tertiary/aromatic N) is 3. The Morgan fingerprint density at radius 3 is 2.44 bits per heavy atom. The van der Waals surface area contributed by atoms with Gasteiger partial charge in [0.15, 0.2) is 11.5 Å². The molecule has 3 rings (SSSR count). The zero-order valence-electron chi connectivity index (χ0n) is 12.7. The standard InChI is InChI=1S/C16H12Cl3N5O/c17-10-3-1-9(2-4-10)8-24-15(20)14(22-23-24)16(25)21-13-6-5-11(18)7-12(13)19/h1-7H,8,20H2,(H,21,25). The molecule has 0 bridgehead atoms. The molecular weight excluding hydrogens is 385 g/mol. The van der Waals surface area contributed by atoms with Crippen molar-refractivity contribution in [2.45, 2.75) is 6.54 Å². The number of nitrogens with two attached hydrogens (primary N) is 1. The third-order valence-corrected chi connectivity index (χ3v) is 4.21. The van der Waals surface area contributed by atoms with E-state index in [0.717, 1.165) is 5.56 Å². The molecule has 0 atom stereocenters. The van der Waals surface area contributed by atoms with Crippen molar-refractivity contribution in [3.8, 4) is 0 Å². The van der Waals surface area contributed by atoms with Crippen LogP contribution in [0.2, 0.25) is 15.1 Å². The van der Waals surface area contributed by atoms with Gasteiger partial charge in [-0.15, -0.1) is 5.10 Å². The first-order valence-electron chi connectivity index (χ1n) is 7.14. The smallest absolute Gasteiger partial charge is 0.280 e. The molecule has 0 saturated heterocycles. The minimum absolute atomic E-state index is 0.0139. The van der Waals surface area contributed by atoms with Crippen LogP contribution in [0.4, 0.5) is 11.5 Å². The molecule has 0 aliphatic rings. The average molecular weight is 397 g/mol. The Labute approximate surface area is 158 Å². The monoisotopic (exact) mass is 395 g/mol. The Morgan fingerprint density at radius 1 is 1.08 bits per heavy atom. The van der Waals surface area contributed by atoms with Gasteiger partial charge in [0.25, 0.3) is 5.91 Å². The molecule has 2 aromatic carbocycles. The van der Waals surface area contributed by atoms with Crippen LogP contribution in [0.15, 0.2) is 42.5 Å². The summed E-state index contributed by atoms with van der Waals surface area (Å²) < 4.78 is 1.43. The normalized spacial score (nSPS) is 10.7. The van der Waals surface area contributed by atoms with Gasteiger partial charge in [-0.2, -0.15) is 0 Å². The molecule has 0 aliphatic carbocycles. The first kappa shape index (κ1) is 17.5. The van der Waals surface area contributed by atoms with Gasteiger partial charge in [-0.25, -0.2) is 4.68 Å². The number of halogens is 3. The lowest BCUT2D eigenvalue weighted by Gasteiger charge is -2.07. The number of nitrogens with one attached hydrogen (secondary N) is 1. The van der Waals surface area contributed by atoms with E-state index in [-0.39, 0.29) is 11.5 Å². The highest BCUT2D eigenvalue weighted by atomic mass is 35.5. The van der Waals surface area contributed by atoms with Crippen LogP contribution in [0.1, 0.15) is 16.1 Å². The first-order chi connectivity index (χ1) is 11.9. The number of hydrogen-bond acceptors (Lipinski definition) is 4. The number of amides is 1. The highest BCUT2D eigenvalue weighted by molar-refractivity contribution is 6.36. The topological polar surface area (TPSA) is 85.8 Å². The Hall–Kier alpha value is -2.28. The lowest BCUT2D eigenvalue weighted by Crippen LogP contribution is -2.15. The molecule has 1 heterocycles. The third kappa shape index (κ3) is 4.04. The maximum atomic E-state index is 12.4. The molecule has 6 nitrogen and oxygen atoms in total. The molecule has 3 aromatic rings. The fourth-order valence-electron chi connectivity index (χ4n) is 2.13. The van der Waals surface area contributed by atoms with Gasteiger partial charge in [-0.05, 0) is 35.9 Å². The van der Waals surface area contributed by atoms with E-state index in [1.165, 1.54) is 10.7 Å². The van der Waals surface area contributed by atoms with Crippen molar-refractivity contribution in [3.05, 3.63) is 68.8 Å². The van der Waals surface area contributed by atoms with Crippen LogP contribution in [-0.4, -0.2) is 20.9 Å². The highest BCUT2D eigenvalue weighted by Crippen LogP contribution is 2.26. The minimum Gasteiger partial charge on any atom is -0.382 e. The molecule has 0 unspecified atom stereocenters. The summed E-state index contributed by atoms with van der Waals surface area (Å²) in [5, 5.41) is 11.8. The second kappa shape index (κ2) is 7.31. The Bertz CT molecular complexity index is 924. The van der Waals surface area contributed by atoms with Crippen molar-refractivity contribution >= 4 is 52.2 Å². The average Bonchev–Trinajstić information content (AvgIpc) is 2.93. The van der Waals surface area contributed by atoms with Crippen LogP contribution in [0.3, 0.4) is 0 Å². The summed E-state index contributed by atoms with van der Waals surface area (Å²) in [6.45, 7) is 0.366. The molecule has 0 radical (unpaired) electrons. The van der Waals surface area contributed by atoms with Crippen molar-refractivity contribution in [1.29, 1.82) is 0 Å². The van der Waals surface area contributed by atoms with Crippen molar-refractivity contribution in [2.24, 2.45) is 0 Å². The molecular formula is C16H12Cl3N5O. The highest BCUT2D eigenvalue weighted by Gasteiger charge is 2.18. The molecule has 25 heavy (non-hydrogen) atoms. The molecule has 3 N–H and O–H groups in total. The zero-order chi connectivity index (χ0) is 18.0. The van der Waals surface area contributed by atoms with Crippen LogP contribution < -0.4 is 11.1 Å². The van der Waals surface area contributed by atoms with E-state index < -0.39 is 5.91 Å². The summed E-state index contributed by atoms with van der Waals surface area (Å²) in [4.78, 5) is 12.4. The quantitative estimate of drug-likeness (QED) is 0.694.